The molecule has 0 radical (unpaired) electrons. The SMILES string of the molecule is COc1cc(-c2nc3sc4c(c3c(=O)[nH]2)CC[C@H](C(C)(C)C)C4)cc(Cl)c1OS(C)(=O)=O. The molecule has 1 aliphatic rings. The second-order valence-electron chi connectivity index (χ2n) is 9.18. The van der Waals surface area contributed by atoms with Crippen molar-refractivity contribution >= 4 is 43.3 Å². The molecule has 0 fully saturated rings. The van der Waals surface area contributed by atoms with Gasteiger partial charge in [0.05, 0.1) is 23.8 Å². The van der Waals surface area contributed by atoms with Crippen molar-refractivity contribution in [3.05, 3.63) is 37.9 Å². The Kier molecular flexibility index (Phi) is 5.80. The number of hydrogen-bond acceptors (Lipinski definition) is 7. The minimum Gasteiger partial charge on any atom is -0.493 e. The second-order valence-corrected chi connectivity index (χ2v) is 12.2. The highest BCUT2D eigenvalue weighted by atomic mass is 35.5. The van der Waals surface area contributed by atoms with Crippen LogP contribution in [0.15, 0.2) is 16.9 Å². The number of thiophene rings is 1. The summed E-state index contributed by atoms with van der Waals surface area (Å²) in [5, 5.41) is 0.696. The van der Waals surface area contributed by atoms with Crippen LogP contribution in [0.2, 0.25) is 5.02 Å². The van der Waals surface area contributed by atoms with Crippen molar-refractivity contribution in [1.82, 2.24) is 9.97 Å². The summed E-state index contributed by atoms with van der Waals surface area (Å²) in [6.45, 7) is 6.77. The molecule has 10 heteroatoms. The van der Waals surface area contributed by atoms with Crippen LogP contribution < -0.4 is 14.5 Å². The number of fused-ring (bicyclic) bond motifs is 3. The third-order valence-electron chi connectivity index (χ3n) is 5.88. The fourth-order valence-corrected chi connectivity index (χ4v) is 6.22. The van der Waals surface area contributed by atoms with Crippen LogP contribution in [0.3, 0.4) is 0 Å². The van der Waals surface area contributed by atoms with Crippen molar-refractivity contribution in [3.8, 4) is 22.9 Å². The van der Waals surface area contributed by atoms with E-state index in [9.17, 15) is 13.2 Å². The van der Waals surface area contributed by atoms with Gasteiger partial charge >= 0.3 is 10.1 Å². The largest absolute Gasteiger partial charge is 0.493 e. The smallest absolute Gasteiger partial charge is 0.306 e. The molecule has 0 aliphatic heterocycles. The Labute approximate surface area is 195 Å². The van der Waals surface area contributed by atoms with Crippen molar-refractivity contribution in [1.29, 1.82) is 0 Å². The average molecular weight is 497 g/mol. The Bertz CT molecular complexity index is 1370. The normalized spacial score (nSPS) is 16.8. The van der Waals surface area contributed by atoms with E-state index in [0.717, 1.165) is 31.1 Å². The Hall–Kier alpha value is -2.10. The van der Waals surface area contributed by atoms with E-state index >= 15 is 0 Å². The average Bonchev–Trinajstić information content (AvgIpc) is 3.05. The quantitative estimate of drug-likeness (QED) is 0.521. The molecule has 0 spiro atoms. The number of nitrogens with one attached hydrogen (secondary N) is 1. The summed E-state index contributed by atoms with van der Waals surface area (Å²) in [6.07, 6.45) is 3.80. The second kappa shape index (κ2) is 8.04. The number of methoxy groups -OCH3 is 1. The summed E-state index contributed by atoms with van der Waals surface area (Å²) in [7, 11) is -2.42. The molecule has 1 aromatic carbocycles. The zero-order valence-electron chi connectivity index (χ0n) is 18.5. The van der Waals surface area contributed by atoms with Crippen LogP contribution in [0.5, 0.6) is 11.5 Å². The standard InChI is InChI=1S/C22H25ClN2O5S2/c1-22(2,3)12-6-7-13-16(10-12)31-21-17(13)20(26)24-19(25-21)11-8-14(23)18(15(9-11)29-4)30-32(5,27)28/h8-9,12H,6-7,10H2,1-5H3,(H,24,25,26)/t12-/m0/s1. The van der Waals surface area contributed by atoms with Crippen molar-refractivity contribution in [2.24, 2.45) is 11.3 Å². The molecule has 172 valence electrons. The van der Waals surface area contributed by atoms with E-state index in [-0.39, 0.29) is 27.5 Å². The van der Waals surface area contributed by atoms with Crippen LogP contribution in [0.25, 0.3) is 21.6 Å². The van der Waals surface area contributed by atoms with Gasteiger partial charge in [-0.2, -0.15) is 8.42 Å². The van der Waals surface area contributed by atoms with E-state index in [1.54, 1.807) is 17.4 Å². The zero-order chi connectivity index (χ0) is 23.4. The van der Waals surface area contributed by atoms with Gasteiger partial charge in [0.1, 0.15) is 10.7 Å². The number of H-pyrrole nitrogens is 1. The predicted octanol–water partition coefficient (Wildman–Crippen LogP) is 4.80. The van der Waals surface area contributed by atoms with E-state index < -0.39 is 10.1 Å². The number of rotatable bonds is 4. The third kappa shape index (κ3) is 4.38. The number of aryl methyl sites for hydroxylation is 1. The fourth-order valence-electron chi connectivity index (χ4n) is 4.15. The van der Waals surface area contributed by atoms with Crippen LogP contribution in [0.4, 0.5) is 0 Å². The molecule has 1 N–H and O–H groups in total. The first-order chi connectivity index (χ1) is 14.9. The number of hydrogen-bond donors (Lipinski definition) is 1. The van der Waals surface area contributed by atoms with Crippen LogP contribution in [0.1, 0.15) is 37.6 Å². The maximum Gasteiger partial charge on any atom is 0.306 e. The first kappa shape index (κ1) is 23.1. The van der Waals surface area contributed by atoms with Crippen molar-refractivity contribution in [2.45, 2.75) is 40.0 Å². The molecule has 0 bridgehead atoms. The lowest BCUT2D eigenvalue weighted by Gasteiger charge is -2.33. The summed E-state index contributed by atoms with van der Waals surface area (Å²) in [5.41, 5.74) is 1.62. The lowest BCUT2D eigenvalue weighted by atomic mass is 9.72. The Balaban J connectivity index is 1.80. The summed E-state index contributed by atoms with van der Waals surface area (Å²) in [5.74, 6) is 0.912. The van der Waals surface area contributed by atoms with Crippen molar-refractivity contribution in [2.75, 3.05) is 13.4 Å². The molecule has 1 aliphatic carbocycles. The molecular formula is C22H25ClN2O5S2. The third-order valence-corrected chi connectivity index (χ3v) is 7.78. The highest BCUT2D eigenvalue weighted by Gasteiger charge is 2.31. The maximum absolute atomic E-state index is 13.0. The number of ether oxygens (including phenoxy) is 1. The number of aromatic nitrogens is 2. The first-order valence-corrected chi connectivity index (χ1v) is 13.2. The van der Waals surface area contributed by atoms with Crippen molar-refractivity contribution < 1.29 is 17.3 Å². The maximum atomic E-state index is 13.0. The van der Waals surface area contributed by atoms with E-state index in [1.165, 1.54) is 18.1 Å². The molecule has 3 aromatic rings. The van der Waals surface area contributed by atoms with Crippen LogP contribution in [-0.2, 0) is 23.0 Å². The predicted molar refractivity (Wildman–Crippen MR) is 128 cm³/mol. The molecule has 2 aromatic heterocycles. The van der Waals surface area contributed by atoms with Gasteiger partial charge in [0, 0.05) is 10.4 Å². The number of benzene rings is 1. The van der Waals surface area contributed by atoms with Gasteiger partial charge < -0.3 is 13.9 Å². The monoisotopic (exact) mass is 496 g/mol. The molecule has 0 saturated heterocycles. The molecular weight excluding hydrogens is 472 g/mol. The summed E-state index contributed by atoms with van der Waals surface area (Å²) in [6, 6.07) is 3.04. The van der Waals surface area contributed by atoms with Gasteiger partial charge in [-0.1, -0.05) is 32.4 Å². The molecule has 0 saturated carbocycles. The molecule has 0 amide bonds. The van der Waals surface area contributed by atoms with Gasteiger partial charge in [-0.15, -0.1) is 11.3 Å². The van der Waals surface area contributed by atoms with E-state index in [1.807, 2.05) is 0 Å². The Morgan fingerprint density at radius 3 is 2.62 bits per heavy atom. The zero-order valence-corrected chi connectivity index (χ0v) is 20.9. The van der Waals surface area contributed by atoms with E-state index in [0.29, 0.717) is 27.5 Å². The first-order valence-electron chi connectivity index (χ1n) is 10.2. The minimum absolute atomic E-state index is 0.0333. The lowest BCUT2D eigenvalue weighted by Crippen LogP contribution is -2.26. The molecule has 32 heavy (non-hydrogen) atoms. The van der Waals surface area contributed by atoms with Gasteiger partial charge in [-0.25, -0.2) is 4.98 Å². The molecule has 1 atom stereocenters. The molecule has 0 unspecified atom stereocenters. The van der Waals surface area contributed by atoms with Crippen LogP contribution >= 0.6 is 22.9 Å². The Morgan fingerprint density at radius 2 is 2.00 bits per heavy atom. The van der Waals surface area contributed by atoms with E-state index in [4.69, 9.17) is 25.5 Å². The summed E-state index contributed by atoms with van der Waals surface area (Å²) < 4.78 is 33.3. The molecule has 4 rings (SSSR count). The number of aromatic amines is 1. The van der Waals surface area contributed by atoms with Gasteiger partial charge in [-0.3, -0.25) is 4.79 Å². The topological polar surface area (TPSA) is 98.3 Å². The van der Waals surface area contributed by atoms with Crippen molar-refractivity contribution in [3.63, 3.8) is 0 Å². The van der Waals surface area contributed by atoms with Crippen LogP contribution in [-0.4, -0.2) is 31.8 Å². The number of halogens is 1. The van der Waals surface area contributed by atoms with E-state index in [2.05, 4.69) is 25.8 Å². The Morgan fingerprint density at radius 1 is 1.28 bits per heavy atom. The highest BCUT2D eigenvalue weighted by Crippen LogP contribution is 2.43. The lowest BCUT2D eigenvalue weighted by molar-refractivity contribution is 0.218. The fraction of sp³-hybridized carbons (Fsp3) is 0.455. The minimum atomic E-state index is -3.80. The van der Waals surface area contributed by atoms with Crippen LogP contribution in [0, 0.1) is 11.3 Å². The van der Waals surface area contributed by atoms with Gasteiger partial charge in [0.15, 0.2) is 5.75 Å². The summed E-state index contributed by atoms with van der Waals surface area (Å²) in [4.78, 5) is 22.5. The number of nitrogens with zero attached hydrogens (tertiary/aromatic N) is 1. The summed E-state index contributed by atoms with van der Waals surface area (Å²) >= 11 is 7.85. The van der Waals surface area contributed by atoms with Gasteiger partial charge in [0.2, 0.25) is 5.75 Å². The molecule has 7 nitrogen and oxygen atoms in total. The van der Waals surface area contributed by atoms with Gasteiger partial charge in [0.25, 0.3) is 5.56 Å². The molecule has 2 heterocycles. The van der Waals surface area contributed by atoms with Gasteiger partial charge in [-0.05, 0) is 48.3 Å². The highest BCUT2D eigenvalue weighted by molar-refractivity contribution is 7.86.